The van der Waals surface area contributed by atoms with Crippen LogP contribution < -0.4 is 10.0 Å². The Balaban J connectivity index is 1.61. The number of hydrogen-bond acceptors (Lipinski definition) is 4. The second-order valence-corrected chi connectivity index (χ2v) is 8.36. The highest BCUT2D eigenvalue weighted by molar-refractivity contribution is 7.92. The van der Waals surface area contributed by atoms with Crippen molar-refractivity contribution < 1.29 is 22.0 Å². The first kappa shape index (κ1) is 20.0. The van der Waals surface area contributed by atoms with Crippen LogP contribution in [0.5, 0.6) is 0 Å². The summed E-state index contributed by atoms with van der Waals surface area (Å²) in [4.78, 5) is 11.7. The molecule has 0 bridgehead atoms. The average molecular weight is 422 g/mol. The normalized spacial score (nSPS) is 11.2. The SMILES string of the molecule is O=C(NCCc1ccsc1)c1ccc(NS(=O)(=O)c2ccc(F)c(F)c2)cc1. The molecule has 0 radical (unpaired) electrons. The maximum Gasteiger partial charge on any atom is 0.261 e. The molecule has 0 aliphatic heterocycles. The Labute approximate surface area is 165 Å². The van der Waals surface area contributed by atoms with Gasteiger partial charge in [0, 0.05) is 17.8 Å². The van der Waals surface area contributed by atoms with Crippen LogP contribution in [0, 0.1) is 11.6 Å². The topological polar surface area (TPSA) is 75.3 Å². The quantitative estimate of drug-likeness (QED) is 0.608. The zero-order chi connectivity index (χ0) is 20.1. The molecule has 28 heavy (non-hydrogen) atoms. The van der Waals surface area contributed by atoms with Gasteiger partial charge in [0.05, 0.1) is 4.90 Å². The van der Waals surface area contributed by atoms with E-state index in [-0.39, 0.29) is 11.6 Å². The molecular weight excluding hydrogens is 406 g/mol. The molecular formula is C19H16F2N2O3S2. The summed E-state index contributed by atoms with van der Waals surface area (Å²) < 4.78 is 53.0. The van der Waals surface area contributed by atoms with Crippen molar-refractivity contribution >= 4 is 33.0 Å². The second kappa shape index (κ2) is 8.49. The van der Waals surface area contributed by atoms with Crippen molar-refractivity contribution in [3.05, 3.63) is 82.1 Å². The van der Waals surface area contributed by atoms with E-state index in [0.29, 0.717) is 18.2 Å². The molecule has 0 atom stereocenters. The Morgan fingerprint density at radius 1 is 1.00 bits per heavy atom. The maximum absolute atomic E-state index is 13.3. The van der Waals surface area contributed by atoms with Crippen LogP contribution in [0.1, 0.15) is 15.9 Å². The van der Waals surface area contributed by atoms with Crippen molar-refractivity contribution in [2.24, 2.45) is 0 Å². The molecule has 0 fully saturated rings. The summed E-state index contributed by atoms with van der Waals surface area (Å²) >= 11 is 1.59. The molecule has 1 amide bonds. The number of thiophene rings is 1. The lowest BCUT2D eigenvalue weighted by molar-refractivity contribution is 0.0954. The Morgan fingerprint density at radius 3 is 2.39 bits per heavy atom. The predicted molar refractivity (Wildman–Crippen MR) is 104 cm³/mol. The first-order chi connectivity index (χ1) is 13.3. The molecule has 1 aromatic heterocycles. The summed E-state index contributed by atoms with van der Waals surface area (Å²) in [5.41, 5.74) is 1.72. The van der Waals surface area contributed by atoms with E-state index in [1.807, 2.05) is 16.8 Å². The zero-order valence-corrected chi connectivity index (χ0v) is 16.1. The molecule has 1 heterocycles. The number of amides is 1. The summed E-state index contributed by atoms with van der Waals surface area (Å²) in [6.45, 7) is 0.486. The van der Waals surface area contributed by atoms with Crippen molar-refractivity contribution in [2.45, 2.75) is 11.3 Å². The average Bonchev–Trinajstić information content (AvgIpc) is 3.17. The van der Waals surface area contributed by atoms with Gasteiger partial charge in [-0.3, -0.25) is 9.52 Å². The summed E-state index contributed by atoms with van der Waals surface area (Å²) in [5.74, 6) is -2.66. The molecule has 146 valence electrons. The molecule has 0 aliphatic carbocycles. The molecule has 9 heteroatoms. The van der Waals surface area contributed by atoms with Crippen molar-refractivity contribution in [3.63, 3.8) is 0 Å². The Morgan fingerprint density at radius 2 is 1.75 bits per heavy atom. The fourth-order valence-electron chi connectivity index (χ4n) is 2.41. The molecule has 2 N–H and O–H groups in total. The number of carbonyl (C=O) groups excluding carboxylic acids is 1. The van der Waals surface area contributed by atoms with Crippen molar-refractivity contribution in [3.8, 4) is 0 Å². The van der Waals surface area contributed by atoms with Gasteiger partial charge in [-0.2, -0.15) is 11.3 Å². The van der Waals surface area contributed by atoms with Crippen molar-refractivity contribution in [1.29, 1.82) is 0 Å². The highest BCUT2D eigenvalue weighted by Gasteiger charge is 2.17. The second-order valence-electron chi connectivity index (χ2n) is 5.90. The lowest BCUT2D eigenvalue weighted by atomic mass is 10.2. The maximum atomic E-state index is 13.3. The lowest BCUT2D eigenvalue weighted by Gasteiger charge is -2.09. The van der Waals surface area contributed by atoms with Gasteiger partial charge < -0.3 is 5.32 Å². The van der Waals surface area contributed by atoms with E-state index < -0.39 is 26.6 Å². The largest absolute Gasteiger partial charge is 0.352 e. The third-order valence-electron chi connectivity index (χ3n) is 3.88. The van der Waals surface area contributed by atoms with Crippen LogP contribution in [-0.4, -0.2) is 20.9 Å². The first-order valence-electron chi connectivity index (χ1n) is 8.22. The summed E-state index contributed by atoms with van der Waals surface area (Å²) in [5, 5.41) is 6.78. The van der Waals surface area contributed by atoms with E-state index in [0.717, 1.165) is 24.1 Å². The fraction of sp³-hybridized carbons (Fsp3) is 0.105. The molecule has 5 nitrogen and oxygen atoms in total. The third-order valence-corrected chi connectivity index (χ3v) is 5.99. The highest BCUT2D eigenvalue weighted by atomic mass is 32.2. The van der Waals surface area contributed by atoms with Gasteiger partial charge in [-0.05, 0) is 71.3 Å². The van der Waals surface area contributed by atoms with Gasteiger partial charge in [0.1, 0.15) is 0 Å². The van der Waals surface area contributed by atoms with Crippen LogP contribution >= 0.6 is 11.3 Å². The minimum atomic E-state index is -4.08. The zero-order valence-electron chi connectivity index (χ0n) is 14.5. The van der Waals surface area contributed by atoms with Gasteiger partial charge in [0.15, 0.2) is 11.6 Å². The lowest BCUT2D eigenvalue weighted by Crippen LogP contribution is -2.25. The molecule has 3 rings (SSSR count). The summed E-state index contributed by atoms with van der Waals surface area (Å²) in [7, 11) is -4.08. The van der Waals surface area contributed by atoms with Crippen LogP contribution in [0.15, 0.2) is 64.2 Å². The fourth-order valence-corrected chi connectivity index (χ4v) is 4.18. The Hall–Kier alpha value is -2.78. The predicted octanol–water partition coefficient (Wildman–Crippen LogP) is 3.80. The van der Waals surface area contributed by atoms with E-state index in [1.54, 1.807) is 11.3 Å². The van der Waals surface area contributed by atoms with Gasteiger partial charge in [-0.15, -0.1) is 0 Å². The summed E-state index contributed by atoms with van der Waals surface area (Å²) in [6.07, 6.45) is 0.724. The van der Waals surface area contributed by atoms with Gasteiger partial charge in [-0.25, -0.2) is 17.2 Å². The van der Waals surface area contributed by atoms with Crippen LogP contribution in [0.4, 0.5) is 14.5 Å². The van der Waals surface area contributed by atoms with Crippen molar-refractivity contribution in [1.82, 2.24) is 5.32 Å². The number of hydrogen-bond donors (Lipinski definition) is 2. The standard InChI is InChI=1S/C19H16F2N2O3S2/c20-17-6-5-16(11-18(17)21)28(25,26)23-15-3-1-14(2-4-15)19(24)22-9-7-13-8-10-27-12-13/h1-6,8,10-12,23H,7,9H2,(H,22,24). The van der Waals surface area contributed by atoms with Gasteiger partial charge in [-0.1, -0.05) is 0 Å². The van der Waals surface area contributed by atoms with Crippen molar-refractivity contribution in [2.75, 3.05) is 11.3 Å². The molecule has 0 saturated carbocycles. The van der Waals surface area contributed by atoms with E-state index in [4.69, 9.17) is 0 Å². The molecule has 3 aromatic rings. The van der Waals surface area contributed by atoms with Crippen LogP contribution in [0.25, 0.3) is 0 Å². The molecule has 0 saturated heterocycles. The number of rotatable bonds is 7. The minimum absolute atomic E-state index is 0.194. The highest BCUT2D eigenvalue weighted by Crippen LogP contribution is 2.19. The number of sulfonamides is 1. The number of benzene rings is 2. The summed E-state index contributed by atoms with van der Waals surface area (Å²) in [6, 6.07) is 10.1. The van der Waals surface area contributed by atoms with Gasteiger partial charge in [0.2, 0.25) is 0 Å². The Bertz CT molecular complexity index is 1070. The number of halogens is 2. The van der Waals surface area contributed by atoms with E-state index in [2.05, 4.69) is 10.0 Å². The van der Waals surface area contributed by atoms with Crippen LogP contribution in [0.3, 0.4) is 0 Å². The number of anilines is 1. The third kappa shape index (κ3) is 4.93. The van der Waals surface area contributed by atoms with Crippen LogP contribution in [-0.2, 0) is 16.4 Å². The molecule has 0 unspecified atom stereocenters. The van der Waals surface area contributed by atoms with Gasteiger partial charge in [0.25, 0.3) is 15.9 Å². The number of carbonyl (C=O) groups is 1. The first-order valence-corrected chi connectivity index (χ1v) is 10.6. The van der Waals surface area contributed by atoms with E-state index >= 15 is 0 Å². The van der Waals surface area contributed by atoms with E-state index in [1.165, 1.54) is 24.3 Å². The van der Waals surface area contributed by atoms with E-state index in [9.17, 15) is 22.0 Å². The molecule has 0 spiro atoms. The van der Waals surface area contributed by atoms with Crippen LogP contribution in [0.2, 0.25) is 0 Å². The minimum Gasteiger partial charge on any atom is -0.352 e. The molecule has 0 aliphatic rings. The van der Waals surface area contributed by atoms with Gasteiger partial charge >= 0.3 is 0 Å². The molecule has 2 aromatic carbocycles. The number of nitrogens with one attached hydrogen (secondary N) is 2. The Kier molecular flexibility index (Phi) is 6.05. The monoisotopic (exact) mass is 422 g/mol. The smallest absolute Gasteiger partial charge is 0.261 e.